The summed E-state index contributed by atoms with van der Waals surface area (Å²) >= 11 is 1.57. The Morgan fingerprint density at radius 3 is 2.55 bits per heavy atom. The molecule has 0 radical (unpaired) electrons. The van der Waals surface area contributed by atoms with Crippen LogP contribution in [0.25, 0.3) is 11.5 Å². The van der Waals surface area contributed by atoms with Crippen LogP contribution in [0, 0.1) is 5.82 Å². The van der Waals surface area contributed by atoms with Crippen LogP contribution in [0.1, 0.15) is 16.8 Å². The minimum atomic E-state index is -0.758. The van der Waals surface area contributed by atoms with Crippen molar-refractivity contribution < 1.29 is 18.7 Å². The van der Waals surface area contributed by atoms with Gasteiger partial charge in [0.2, 0.25) is 0 Å². The highest BCUT2D eigenvalue weighted by atomic mass is 32.2. The lowest BCUT2D eigenvalue weighted by Crippen LogP contribution is -2.42. The number of hydrogen-bond donors (Lipinski definition) is 1. The molecular formula is C20H21FN4O3S. The predicted octanol–water partition coefficient (Wildman–Crippen LogP) is 2.83. The van der Waals surface area contributed by atoms with Crippen molar-refractivity contribution in [3.05, 3.63) is 66.4 Å². The van der Waals surface area contributed by atoms with Crippen molar-refractivity contribution >= 4 is 23.6 Å². The lowest BCUT2D eigenvalue weighted by molar-refractivity contribution is -0.142. The van der Waals surface area contributed by atoms with E-state index in [-0.39, 0.29) is 11.4 Å². The summed E-state index contributed by atoms with van der Waals surface area (Å²) in [5.41, 5.74) is 0.879. The molecule has 3 rings (SSSR count). The van der Waals surface area contributed by atoms with Gasteiger partial charge in [-0.1, -0.05) is 0 Å². The smallest absolute Gasteiger partial charge is 0.328 e. The van der Waals surface area contributed by atoms with Gasteiger partial charge in [0.25, 0.3) is 5.91 Å². The van der Waals surface area contributed by atoms with Crippen molar-refractivity contribution in [2.75, 3.05) is 19.1 Å². The van der Waals surface area contributed by atoms with Gasteiger partial charge in [-0.05, 0) is 54.8 Å². The Labute approximate surface area is 171 Å². The summed E-state index contributed by atoms with van der Waals surface area (Å²) in [4.78, 5) is 25.1. The molecule has 0 bridgehead atoms. The van der Waals surface area contributed by atoms with Gasteiger partial charge < -0.3 is 14.6 Å². The minimum Gasteiger partial charge on any atom is -0.467 e. The summed E-state index contributed by atoms with van der Waals surface area (Å²) < 4.78 is 21.4. The van der Waals surface area contributed by atoms with Gasteiger partial charge in [-0.15, -0.1) is 0 Å². The number of benzene rings is 1. The van der Waals surface area contributed by atoms with Gasteiger partial charge in [0, 0.05) is 12.4 Å². The zero-order valence-corrected chi connectivity index (χ0v) is 16.9. The van der Waals surface area contributed by atoms with E-state index >= 15 is 0 Å². The van der Waals surface area contributed by atoms with Crippen molar-refractivity contribution in [2.45, 2.75) is 12.5 Å². The molecule has 0 unspecified atom stereocenters. The first-order valence-corrected chi connectivity index (χ1v) is 10.3. The van der Waals surface area contributed by atoms with E-state index in [4.69, 9.17) is 4.74 Å². The third kappa shape index (κ3) is 4.68. The number of hydrogen-bond acceptors (Lipinski definition) is 5. The average molecular weight is 416 g/mol. The molecule has 0 aliphatic heterocycles. The first kappa shape index (κ1) is 20.7. The van der Waals surface area contributed by atoms with Crippen molar-refractivity contribution in [3.63, 3.8) is 0 Å². The number of carbonyl (C=O) groups is 2. The Morgan fingerprint density at radius 1 is 1.24 bits per heavy atom. The Balaban J connectivity index is 1.97. The average Bonchev–Trinajstić information content (AvgIpc) is 3.40. The van der Waals surface area contributed by atoms with Crippen LogP contribution in [0.2, 0.25) is 0 Å². The maximum absolute atomic E-state index is 13.3. The Bertz CT molecular complexity index is 970. The van der Waals surface area contributed by atoms with Gasteiger partial charge in [-0.3, -0.25) is 4.79 Å². The first-order valence-electron chi connectivity index (χ1n) is 8.90. The van der Waals surface area contributed by atoms with Crippen LogP contribution in [0.5, 0.6) is 0 Å². The molecule has 0 aliphatic rings. The molecule has 29 heavy (non-hydrogen) atoms. The van der Waals surface area contributed by atoms with E-state index in [2.05, 4.69) is 10.4 Å². The fourth-order valence-electron chi connectivity index (χ4n) is 2.86. The van der Waals surface area contributed by atoms with Crippen LogP contribution in [0.4, 0.5) is 4.39 Å². The molecule has 0 spiro atoms. The Kier molecular flexibility index (Phi) is 6.71. The molecule has 3 aromatic rings. The highest BCUT2D eigenvalue weighted by Crippen LogP contribution is 2.20. The maximum atomic E-state index is 13.3. The van der Waals surface area contributed by atoms with Crippen LogP contribution >= 0.6 is 11.8 Å². The zero-order valence-electron chi connectivity index (χ0n) is 16.0. The molecule has 0 saturated carbocycles. The molecule has 0 saturated heterocycles. The molecule has 152 valence electrons. The summed E-state index contributed by atoms with van der Waals surface area (Å²) in [6.07, 6.45) is 7.35. The normalized spacial score (nSPS) is 11.8. The van der Waals surface area contributed by atoms with Gasteiger partial charge in [-0.25, -0.2) is 13.9 Å². The number of amides is 1. The molecule has 1 amide bonds. The molecule has 2 heterocycles. The van der Waals surface area contributed by atoms with Crippen molar-refractivity contribution in [2.24, 2.45) is 0 Å². The van der Waals surface area contributed by atoms with Gasteiger partial charge in [0.1, 0.15) is 17.4 Å². The number of esters is 1. The molecule has 0 fully saturated rings. The summed E-state index contributed by atoms with van der Waals surface area (Å²) in [5, 5.41) is 7.06. The van der Waals surface area contributed by atoms with Crippen LogP contribution in [0.3, 0.4) is 0 Å². The number of ether oxygens (including phenoxy) is 1. The zero-order chi connectivity index (χ0) is 20.8. The summed E-state index contributed by atoms with van der Waals surface area (Å²) in [5.74, 6) is -0.137. The summed E-state index contributed by atoms with van der Waals surface area (Å²) in [6.45, 7) is 0. The lowest BCUT2D eigenvalue weighted by atomic mass is 10.2. The Hall–Kier alpha value is -3.07. The first-order chi connectivity index (χ1) is 14.0. The van der Waals surface area contributed by atoms with Crippen LogP contribution in [-0.2, 0) is 9.53 Å². The third-order valence-electron chi connectivity index (χ3n) is 4.31. The van der Waals surface area contributed by atoms with E-state index in [0.717, 1.165) is 0 Å². The van der Waals surface area contributed by atoms with Crippen molar-refractivity contribution in [1.82, 2.24) is 19.7 Å². The standard InChI is InChI=1S/C20H21FN4O3S/c1-28-20(27)17(9-12-29-2)23-18(26)16-13-22-25(15-7-5-14(21)6-8-15)19(16)24-10-3-4-11-24/h3-8,10-11,13,17H,9,12H2,1-2H3,(H,23,26)/t17-/m1/s1. The second-order valence-corrected chi connectivity index (χ2v) is 7.18. The number of carbonyl (C=O) groups excluding carboxylic acids is 2. The molecule has 1 N–H and O–H groups in total. The second kappa shape index (κ2) is 9.42. The van der Waals surface area contributed by atoms with E-state index < -0.39 is 17.9 Å². The van der Waals surface area contributed by atoms with E-state index in [1.165, 1.54) is 25.4 Å². The number of nitrogens with zero attached hydrogens (tertiary/aromatic N) is 3. The predicted molar refractivity (Wildman–Crippen MR) is 109 cm³/mol. The number of halogens is 1. The lowest BCUT2D eigenvalue weighted by Gasteiger charge is -2.16. The van der Waals surface area contributed by atoms with Gasteiger partial charge in [0.05, 0.1) is 19.0 Å². The number of methoxy groups -OCH3 is 1. The minimum absolute atomic E-state index is 0.281. The quantitative estimate of drug-likeness (QED) is 0.572. The third-order valence-corrected chi connectivity index (χ3v) is 4.95. The van der Waals surface area contributed by atoms with Crippen LogP contribution in [-0.4, -0.2) is 51.4 Å². The second-order valence-electron chi connectivity index (χ2n) is 6.19. The molecule has 2 aromatic heterocycles. The van der Waals surface area contributed by atoms with Crippen LogP contribution in [0.15, 0.2) is 55.0 Å². The van der Waals surface area contributed by atoms with Crippen molar-refractivity contribution in [3.8, 4) is 11.5 Å². The molecular weight excluding hydrogens is 395 g/mol. The number of rotatable bonds is 8. The van der Waals surface area contributed by atoms with Crippen molar-refractivity contribution in [1.29, 1.82) is 0 Å². The largest absolute Gasteiger partial charge is 0.467 e. The van der Waals surface area contributed by atoms with Gasteiger partial charge in [0.15, 0.2) is 5.82 Å². The number of nitrogens with one attached hydrogen (secondary N) is 1. The van der Waals surface area contributed by atoms with Gasteiger partial charge >= 0.3 is 5.97 Å². The number of thioether (sulfide) groups is 1. The molecule has 0 aliphatic carbocycles. The topological polar surface area (TPSA) is 78.2 Å². The monoisotopic (exact) mass is 416 g/mol. The summed E-state index contributed by atoms with van der Waals surface area (Å²) in [6, 6.07) is 8.68. The van der Waals surface area contributed by atoms with Gasteiger partial charge in [-0.2, -0.15) is 16.9 Å². The van der Waals surface area contributed by atoms with E-state index in [1.807, 2.05) is 18.4 Å². The number of aromatic nitrogens is 3. The van der Waals surface area contributed by atoms with E-state index in [0.29, 0.717) is 23.7 Å². The van der Waals surface area contributed by atoms with Crippen LogP contribution < -0.4 is 5.32 Å². The maximum Gasteiger partial charge on any atom is 0.328 e. The highest BCUT2D eigenvalue weighted by molar-refractivity contribution is 7.98. The fourth-order valence-corrected chi connectivity index (χ4v) is 3.33. The SMILES string of the molecule is COC(=O)[C@@H](CCSC)NC(=O)c1cnn(-c2ccc(F)cc2)c1-n1cccc1. The van der Waals surface area contributed by atoms with E-state index in [9.17, 15) is 14.0 Å². The van der Waals surface area contributed by atoms with E-state index in [1.54, 1.807) is 45.5 Å². The fraction of sp³-hybridized carbons (Fsp3) is 0.250. The highest BCUT2D eigenvalue weighted by Gasteiger charge is 2.26. The molecule has 1 atom stereocenters. The summed E-state index contributed by atoms with van der Waals surface area (Å²) in [7, 11) is 1.29. The molecule has 9 heteroatoms. The molecule has 1 aromatic carbocycles. The Morgan fingerprint density at radius 2 is 1.93 bits per heavy atom. The molecule has 7 nitrogen and oxygen atoms in total.